The summed E-state index contributed by atoms with van der Waals surface area (Å²) in [6.45, 7) is 9.04. The van der Waals surface area contributed by atoms with Gasteiger partial charge in [-0.25, -0.2) is 4.79 Å². The Labute approximate surface area is 218 Å². The third kappa shape index (κ3) is 14.6. The number of fused-ring (bicyclic) bond motifs is 1. The number of carbonyl (C=O) groups is 4. The maximum atomic E-state index is 10.7. The Morgan fingerprint density at radius 2 is 1.27 bits per heavy atom. The predicted molar refractivity (Wildman–Crippen MR) is 143 cm³/mol. The highest BCUT2D eigenvalue weighted by Gasteiger charge is 2.19. The number of amides is 1. The largest absolute Gasteiger partial charge is 0.480 e. The van der Waals surface area contributed by atoms with Crippen LogP contribution in [0, 0.1) is 11.8 Å². The molecule has 10 nitrogen and oxygen atoms in total. The van der Waals surface area contributed by atoms with Gasteiger partial charge in [0.15, 0.2) is 0 Å². The van der Waals surface area contributed by atoms with E-state index in [0.29, 0.717) is 25.2 Å². The fraction of sp³-hybridized carbons (Fsp3) is 0.481. The number of carboxylic acid groups (broad SMARTS) is 3. The number of hydrogen-bond acceptors (Lipinski definition) is 6. The Morgan fingerprint density at radius 3 is 1.70 bits per heavy atom. The second-order valence-electron chi connectivity index (χ2n) is 9.58. The molecule has 0 aliphatic carbocycles. The number of hydrogen-bond donors (Lipinski definition) is 6. The molecule has 3 atom stereocenters. The number of carbonyl (C=O) groups excluding carboxylic acids is 1. The van der Waals surface area contributed by atoms with Gasteiger partial charge in [-0.1, -0.05) is 70.2 Å². The van der Waals surface area contributed by atoms with Gasteiger partial charge < -0.3 is 32.1 Å². The highest BCUT2D eigenvalue weighted by Crippen LogP contribution is 2.19. The lowest BCUT2D eigenvalue weighted by molar-refractivity contribution is -0.142. The van der Waals surface area contributed by atoms with Gasteiger partial charge in [0.1, 0.15) is 18.1 Å². The second-order valence-corrected chi connectivity index (χ2v) is 9.58. The van der Waals surface area contributed by atoms with Crippen LogP contribution in [-0.2, 0) is 25.6 Å². The van der Waals surface area contributed by atoms with Crippen LogP contribution in [0.25, 0.3) is 10.8 Å². The molecule has 2 rings (SSSR count). The summed E-state index contributed by atoms with van der Waals surface area (Å²) < 4.78 is 0. The average molecular weight is 520 g/mol. The number of aliphatic carboxylic acids is 3. The number of nitrogens with two attached hydrogens (primary N) is 2. The van der Waals surface area contributed by atoms with E-state index in [4.69, 9.17) is 26.8 Å². The molecular weight excluding hydrogens is 478 g/mol. The number of nitrogens with one attached hydrogen (secondary N) is 1. The van der Waals surface area contributed by atoms with Crippen LogP contribution < -0.4 is 16.8 Å². The van der Waals surface area contributed by atoms with Gasteiger partial charge in [-0.2, -0.15) is 0 Å². The summed E-state index contributed by atoms with van der Waals surface area (Å²) in [6.07, 6.45) is 1.38. The normalized spacial score (nSPS) is 12.9. The molecule has 0 aliphatic rings. The van der Waals surface area contributed by atoms with E-state index in [9.17, 15) is 19.2 Å². The standard InChI is InChI=1S/C13H13NO2.C8H15NO3.C6H13NO2/c14-12(13(15)16)8-10-6-3-5-9-4-1-2-7-11(9)10;1-5(2)4-7(8(11)12)9-6(3)10;1-4(2)3-5(7)6(8)9/h1-7,12H,8,14H2,(H,15,16);5,7H,4H2,1-3H3,(H,9,10)(H,11,12);4-5H,3,7H2,1-2H3,(H,8,9)/t12-;7-;5-/m000/s1. The molecule has 2 aromatic rings. The molecule has 0 radical (unpaired) electrons. The van der Waals surface area contributed by atoms with Gasteiger partial charge in [0.05, 0.1) is 0 Å². The van der Waals surface area contributed by atoms with E-state index in [0.717, 1.165) is 16.3 Å². The highest BCUT2D eigenvalue weighted by atomic mass is 16.4. The van der Waals surface area contributed by atoms with E-state index in [1.807, 2.05) is 70.2 Å². The Balaban J connectivity index is 0.000000553. The van der Waals surface area contributed by atoms with Gasteiger partial charge in [0.25, 0.3) is 0 Å². The summed E-state index contributed by atoms with van der Waals surface area (Å²) in [5.74, 6) is -2.53. The molecule has 0 saturated carbocycles. The van der Waals surface area contributed by atoms with Crippen molar-refractivity contribution in [3.8, 4) is 0 Å². The quantitative estimate of drug-likeness (QED) is 0.274. The topological polar surface area (TPSA) is 193 Å². The van der Waals surface area contributed by atoms with E-state index >= 15 is 0 Å². The smallest absolute Gasteiger partial charge is 0.326 e. The second kappa shape index (κ2) is 17.0. The van der Waals surface area contributed by atoms with E-state index in [1.165, 1.54) is 6.92 Å². The summed E-state index contributed by atoms with van der Waals surface area (Å²) in [5, 5.41) is 30.3. The monoisotopic (exact) mass is 519 g/mol. The summed E-state index contributed by atoms with van der Waals surface area (Å²) in [5.41, 5.74) is 11.7. The molecule has 0 fully saturated rings. The van der Waals surface area contributed by atoms with Crippen molar-refractivity contribution in [2.45, 2.75) is 72.0 Å². The lowest BCUT2D eigenvalue weighted by Gasteiger charge is -2.14. The van der Waals surface area contributed by atoms with E-state index in [-0.39, 0.29) is 11.8 Å². The molecule has 0 spiro atoms. The molecular formula is C27H41N3O7. The highest BCUT2D eigenvalue weighted by molar-refractivity contribution is 5.86. The van der Waals surface area contributed by atoms with Crippen molar-refractivity contribution >= 4 is 34.6 Å². The average Bonchev–Trinajstić information content (AvgIpc) is 2.78. The molecule has 0 heterocycles. The SMILES string of the molecule is CC(=O)N[C@@H](CC(C)C)C(=O)O.CC(C)C[C@H](N)C(=O)O.N[C@@H](Cc1cccc2ccccc12)C(=O)O. The fourth-order valence-electron chi connectivity index (χ4n) is 3.34. The zero-order valence-corrected chi connectivity index (χ0v) is 22.2. The summed E-state index contributed by atoms with van der Waals surface area (Å²) in [7, 11) is 0. The fourth-order valence-corrected chi connectivity index (χ4v) is 3.34. The zero-order chi connectivity index (χ0) is 28.7. The molecule has 10 heteroatoms. The summed E-state index contributed by atoms with van der Waals surface area (Å²) >= 11 is 0. The third-order valence-corrected chi connectivity index (χ3v) is 5.06. The Bertz CT molecular complexity index is 1020. The van der Waals surface area contributed by atoms with Gasteiger partial charge in [0.2, 0.25) is 5.91 Å². The van der Waals surface area contributed by atoms with Crippen LogP contribution in [0.3, 0.4) is 0 Å². The Morgan fingerprint density at radius 1 is 0.757 bits per heavy atom. The minimum absolute atomic E-state index is 0.262. The van der Waals surface area contributed by atoms with Crippen molar-refractivity contribution in [2.24, 2.45) is 23.3 Å². The van der Waals surface area contributed by atoms with Crippen LogP contribution in [-0.4, -0.2) is 57.3 Å². The first-order valence-corrected chi connectivity index (χ1v) is 12.1. The van der Waals surface area contributed by atoms with Crippen LogP contribution >= 0.6 is 0 Å². The summed E-state index contributed by atoms with van der Waals surface area (Å²) in [4.78, 5) is 41.9. The van der Waals surface area contributed by atoms with Crippen molar-refractivity contribution in [3.63, 3.8) is 0 Å². The van der Waals surface area contributed by atoms with Crippen LogP contribution in [0.1, 0.15) is 53.0 Å². The molecule has 37 heavy (non-hydrogen) atoms. The maximum Gasteiger partial charge on any atom is 0.326 e. The molecule has 2 aromatic carbocycles. The summed E-state index contributed by atoms with van der Waals surface area (Å²) in [6, 6.07) is 11.5. The van der Waals surface area contributed by atoms with Gasteiger partial charge in [-0.05, 0) is 47.4 Å². The molecule has 0 aliphatic heterocycles. The van der Waals surface area contributed by atoms with Crippen molar-refractivity contribution in [1.82, 2.24) is 5.32 Å². The lowest BCUT2D eigenvalue weighted by atomic mass is 9.99. The van der Waals surface area contributed by atoms with Gasteiger partial charge in [-0.3, -0.25) is 14.4 Å². The molecule has 8 N–H and O–H groups in total. The predicted octanol–water partition coefficient (Wildman–Crippen LogP) is 2.86. The van der Waals surface area contributed by atoms with Crippen LogP contribution in [0.2, 0.25) is 0 Å². The van der Waals surface area contributed by atoms with Crippen molar-refractivity contribution in [1.29, 1.82) is 0 Å². The van der Waals surface area contributed by atoms with E-state index in [2.05, 4.69) is 5.32 Å². The van der Waals surface area contributed by atoms with Crippen molar-refractivity contribution in [2.75, 3.05) is 0 Å². The first-order valence-electron chi connectivity index (χ1n) is 12.1. The Hall–Kier alpha value is -3.50. The minimum Gasteiger partial charge on any atom is -0.480 e. The van der Waals surface area contributed by atoms with Gasteiger partial charge in [0, 0.05) is 6.92 Å². The maximum absolute atomic E-state index is 10.7. The number of benzene rings is 2. The van der Waals surface area contributed by atoms with Gasteiger partial charge in [-0.15, -0.1) is 0 Å². The molecule has 0 unspecified atom stereocenters. The van der Waals surface area contributed by atoms with E-state index in [1.54, 1.807) is 0 Å². The number of carboxylic acids is 3. The number of rotatable bonds is 10. The molecule has 0 saturated heterocycles. The van der Waals surface area contributed by atoms with Crippen LogP contribution in [0.15, 0.2) is 42.5 Å². The third-order valence-electron chi connectivity index (χ3n) is 5.06. The van der Waals surface area contributed by atoms with Gasteiger partial charge >= 0.3 is 17.9 Å². The van der Waals surface area contributed by atoms with Crippen LogP contribution in [0.5, 0.6) is 0 Å². The lowest BCUT2D eigenvalue weighted by Crippen LogP contribution is -2.40. The molecule has 206 valence electrons. The van der Waals surface area contributed by atoms with Crippen molar-refractivity contribution in [3.05, 3.63) is 48.0 Å². The first-order chi connectivity index (χ1) is 17.1. The van der Waals surface area contributed by atoms with Crippen molar-refractivity contribution < 1.29 is 34.5 Å². The Kier molecular flexibility index (Phi) is 15.4. The molecule has 0 bridgehead atoms. The minimum atomic E-state index is -0.973. The first kappa shape index (κ1) is 33.5. The van der Waals surface area contributed by atoms with Crippen LogP contribution in [0.4, 0.5) is 0 Å². The zero-order valence-electron chi connectivity index (χ0n) is 22.2. The van der Waals surface area contributed by atoms with E-state index < -0.39 is 36.0 Å². The molecule has 0 aromatic heterocycles. The molecule has 1 amide bonds.